The van der Waals surface area contributed by atoms with Gasteiger partial charge in [0, 0.05) is 6.54 Å². The van der Waals surface area contributed by atoms with E-state index in [-0.39, 0.29) is 6.54 Å². The lowest BCUT2D eigenvalue weighted by molar-refractivity contribution is -0.132. The summed E-state index contributed by atoms with van der Waals surface area (Å²) in [6, 6.07) is -0.523. The fourth-order valence-electron chi connectivity index (χ4n) is 4.12. The molecule has 0 unspecified atom stereocenters. The van der Waals surface area contributed by atoms with E-state index in [1.807, 2.05) is 4.90 Å². The summed E-state index contributed by atoms with van der Waals surface area (Å²) in [4.78, 5) is 4.02. The molecule has 2 nitrogen and oxygen atoms in total. The SMILES string of the molecule is C=C.CCCN1CC[C@H](N2CCC(CC(C)C)CC2)C(F)(F)C1. The third kappa shape index (κ3) is 6.15. The molecule has 2 saturated heterocycles. The second-order valence-corrected chi connectivity index (χ2v) is 7.45. The summed E-state index contributed by atoms with van der Waals surface area (Å²) < 4.78 is 28.9. The van der Waals surface area contributed by atoms with Crippen LogP contribution in [0.4, 0.5) is 8.78 Å². The van der Waals surface area contributed by atoms with Crippen LogP contribution in [0.15, 0.2) is 13.2 Å². The molecule has 2 aliphatic rings. The monoisotopic (exact) mass is 330 g/mol. The van der Waals surface area contributed by atoms with Crippen molar-refractivity contribution in [3.8, 4) is 0 Å². The lowest BCUT2D eigenvalue weighted by Crippen LogP contribution is -2.59. The third-order valence-electron chi connectivity index (χ3n) is 5.08. The molecule has 2 aliphatic heterocycles. The fraction of sp³-hybridized carbons (Fsp3) is 0.895. The number of rotatable bonds is 5. The summed E-state index contributed by atoms with van der Waals surface area (Å²) >= 11 is 0. The highest BCUT2D eigenvalue weighted by molar-refractivity contribution is 4.94. The van der Waals surface area contributed by atoms with Gasteiger partial charge in [-0.2, -0.15) is 0 Å². The summed E-state index contributed by atoms with van der Waals surface area (Å²) in [5.41, 5.74) is 0. The molecule has 0 spiro atoms. The van der Waals surface area contributed by atoms with Crippen LogP contribution in [0, 0.1) is 11.8 Å². The molecule has 1 atom stereocenters. The predicted molar refractivity (Wildman–Crippen MR) is 95.1 cm³/mol. The maximum absolute atomic E-state index is 14.5. The zero-order chi connectivity index (χ0) is 17.5. The Morgan fingerprint density at radius 2 is 1.70 bits per heavy atom. The van der Waals surface area contributed by atoms with E-state index in [0.29, 0.717) is 6.42 Å². The van der Waals surface area contributed by atoms with Crippen molar-refractivity contribution in [2.45, 2.75) is 64.8 Å². The number of alkyl halides is 2. The third-order valence-corrected chi connectivity index (χ3v) is 5.08. The topological polar surface area (TPSA) is 6.48 Å². The lowest BCUT2D eigenvalue weighted by Gasteiger charge is -2.46. The normalized spacial score (nSPS) is 26.8. The van der Waals surface area contributed by atoms with E-state index in [1.54, 1.807) is 0 Å². The highest BCUT2D eigenvalue weighted by Crippen LogP contribution is 2.34. The van der Waals surface area contributed by atoms with Gasteiger partial charge in [0.25, 0.3) is 5.92 Å². The zero-order valence-electron chi connectivity index (χ0n) is 15.4. The molecular weight excluding hydrogens is 294 g/mol. The molecule has 0 aromatic heterocycles. The van der Waals surface area contributed by atoms with Crippen molar-refractivity contribution in [3.05, 3.63) is 13.2 Å². The van der Waals surface area contributed by atoms with Gasteiger partial charge < -0.3 is 0 Å². The van der Waals surface area contributed by atoms with Gasteiger partial charge in [0.1, 0.15) is 0 Å². The number of hydrogen-bond donors (Lipinski definition) is 0. The molecule has 0 radical (unpaired) electrons. The van der Waals surface area contributed by atoms with E-state index in [2.05, 4.69) is 38.8 Å². The molecule has 0 aromatic carbocycles. The number of hydrogen-bond acceptors (Lipinski definition) is 2. The molecule has 0 amide bonds. The van der Waals surface area contributed by atoms with Gasteiger partial charge in [-0.15, -0.1) is 13.2 Å². The largest absolute Gasteiger partial charge is 0.297 e. The summed E-state index contributed by atoms with van der Waals surface area (Å²) in [6.07, 6.45) is 5.04. The van der Waals surface area contributed by atoms with E-state index in [0.717, 1.165) is 57.3 Å². The number of likely N-dealkylation sites (tertiary alicyclic amines) is 2. The first-order valence-electron chi connectivity index (χ1n) is 9.26. The lowest BCUT2D eigenvalue weighted by atomic mass is 9.87. The van der Waals surface area contributed by atoms with Crippen molar-refractivity contribution in [1.82, 2.24) is 9.80 Å². The number of halogens is 2. The van der Waals surface area contributed by atoms with Gasteiger partial charge >= 0.3 is 0 Å². The minimum absolute atomic E-state index is 0.0442. The van der Waals surface area contributed by atoms with Gasteiger partial charge in [-0.25, -0.2) is 8.78 Å². The summed E-state index contributed by atoms with van der Waals surface area (Å²) in [5, 5.41) is 0. The van der Waals surface area contributed by atoms with Crippen LogP contribution in [0.5, 0.6) is 0 Å². The first kappa shape index (κ1) is 20.6. The fourth-order valence-corrected chi connectivity index (χ4v) is 4.12. The molecule has 0 aliphatic carbocycles. The van der Waals surface area contributed by atoms with Crippen molar-refractivity contribution in [2.24, 2.45) is 11.8 Å². The van der Waals surface area contributed by atoms with Gasteiger partial charge in [-0.3, -0.25) is 9.80 Å². The van der Waals surface area contributed by atoms with Gasteiger partial charge in [-0.1, -0.05) is 20.8 Å². The Hall–Kier alpha value is -0.480. The minimum Gasteiger partial charge on any atom is -0.297 e. The Morgan fingerprint density at radius 1 is 1.09 bits per heavy atom. The van der Waals surface area contributed by atoms with Crippen LogP contribution in [0.3, 0.4) is 0 Å². The molecule has 0 bridgehead atoms. The van der Waals surface area contributed by atoms with Crippen LogP contribution in [-0.4, -0.2) is 54.5 Å². The van der Waals surface area contributed by atoms with E-state index < -0.39 is 12.0 Å². The quantitative estimate of drug-likeness (QED) is 0.676. The molecule has 23 heavy (non-hydrogen) atoms. The maximum Gasteiger partial charge on any atom is 0.275 e. The van der Waals surface area contributed by atoms with E-state index in [4.69, 9.17) is 0 Å². The zero-order valence-corrected chi connectivity index (χ0v) is 15.4. The van der Waals surface area contributed by atoms with Crippen molar-refractivity contribution < 1.29 is 8.78 Å². The summed E-state index contributed by atoms with van der Waals surface area (Å²) in [7, 11) is 0. The van der Waals surface area contributed by atoms with E-state index in [1.165, 1.54) is 6.42 Å². The van der Waals surface area contributed by atoms with E-state index >= 15 is 0 Å². The molecule has 136 valence electrons. The number of nitrogens with zero attached hydrogens (tertiary/aromatic N) is 2. The van der Waals surface area contributed by atoms with Crippen molar-refractivity contribution in [2.75, 3.05) is 32.7 Å². The average molecular weight is 331 g/mol. The maximum atomic E-state index is 14.5. The molecule has 4 heteroatoms. The van der Waals surface area contributed by atoms with Gasteiger partial charge in [0.2, 0.25) is 0 Å². The van der Waals surface area contributed by atoms with Crippen LogP contribution in [-0.2, 0) is 0 Å². The molecule has 0 saturated carbocycles. The first-order valence-corrected chi connectivity index (χ1v) is 9.26. The highest BCUT2D eigenvalue weighted by Gasteiger charge is 2.47. The molecule has 0 N–H and O–H groups in total. The van der Waals surface area contributed by atoms with Crippen molar-refractivity contribution >= 4 is 0 Å². The van der Waals surface area contributed by atoms with Gasteiger partial charge in [0.05, 0.1) is 12.6 Å². The highest BCUT2D eigenvalue weighted by atomic mass is 19.3. The van der Waals surface area contributed by atoms with Crippen LogP contribution < -0.4 is 0 Å². The Labute approximate surface area is 141 Å². The van der Waals surface area contributed by atoms with Crippen LogP contribution in [0.25, 0.3) is 0 Å². The van der Waals surface area contributed by atoms with Crippen molar-refractivity contribution in [3.63, 3.8) is 0 Å². The smallest absolute Gasteiger partial charge is 0.275 e. The Bertz CT molecular complexity index is 325. The van der Waals surface area contributed by atoms with E-state index in [9.17, 15) is 8.78 Å². The molecule has 2 rings (SSSR count). The molecule has 0 aromatic rings. The summed E-state index contributed by atoms with van der Waals surface area (Å²) in [5.74, 6) is -1.08. The van der Waals surface area contributed by atoms with Gasteiger partial charge in [0.15, 0.2) is 0 Å². The first-order chi connectivity index (χ1) is 10.9. The average Bonchev–Trinajstić information content (AvgIpc) is 2.49. The summed E-state index contributed by atoms with van der Waals surface area (Å²) in [6.45, 7) is 15.9. The molecule has 2 heterocycles. The van der Waals surface area contributed by atoms with Crippen LogP contribution in [0.1, 0.15) is 52.9 Å². The predicted octanol–water partition coefficient (Wildman–Crippen LogP) is 4.67. The van der Waals surface area contributed by atoms with Crippen LogP contribution in [0.2, 0.25) is 0 Å². The number of piperidine rings is 2. The second kappa shape index (κ2) is 9.73. The standard InChI is InChI=1S/C17H32F2N2.C2H4/c1-4-8-20-9-7-16(17(18,19)13-20)21-10-5-15(6-11-21)12-14(2)3;1-2/h14-16H,4-13H2,1-3H3;1-2H2/t16-;/m0./s1. The minimum atomic E-state index is -2.54. The van der Waals surface area contributed by atoms with Crippen LogP contribution >= 0.6 is 0 Å². The Morgan fingerprint density at radius 3 is 2.17 bits per heavy atom. The second-order valence-electron chi connectivity index (χ2n) is 7.45. The molecule has 2 fully saturated rings. The van der Waals surface area contributed by atoms with Gasteiger partial charge in [-0.05, 0) is 63.6 Å². The van der Waals surface area contributed by atoms with Crippen molar-refractivity contribution in [1.29, 1.82) is 0 Å². The molecular formula is C19H36F2N2. The Balaban J connectivity index is 0.00000127. The Kier molecular flexibility index (Phi) is 8.70.